The van der Waals surface area contributed by atoms with Crippen LogP contribution in [0.2, 0.25) is 0 Å². The monoisotopic (exact) mass is 346 g/mol. The molecule has 4 rings (SSSR count). The van der Waals surface area contributed by atoms with Crippen molar-refractivity contribution in [2.45, 2.75) is 25.3 Å². The van der Waals surface area contributed by atoms with Crippen molar-refractivity contribution in [3.05, 3.63) is 35.7 Å². The van der Waals surface area contributed by atoms with Gasteiger partial charge in [0.1, 0.15) is 11.9 Å². The predicted octanol–water partition coefficient (Wildman–Crippen LogP) is 2.11. The molecule has 0 N–H and O–H groups in total. The molecule has 1 atom stereocenters. The molecule has 132 valence electrons. The van der Waals surface area contributed by atoms with Gasteiger partial charge in [-0.15, -0.1) is 0 Å². The first-order valence-corrected chi connectivity index (χ1v) is 8.47. The first-order chi connectivity index (χ1) is 12.1. The van der Waals surface area contributed by atoms with E-state index in [0.29, 0.717) is 43.0 Å². The molecule has 3 aliphatic rings. The Morgan fingerprint density at radius 3 is 2.84 bits per heavy atom. The quantitative estimate of drug-likeness (QED) is 0.823. The molecule has 1 saturated heterocycles. The predicted molar refractivity (Wildman–Crippen MR) is 87.0 cm³/mol. The van der Waals surface area contributed by atoms with Crippen LogP contribution in [-0.2, 0) is 4.79 Å². The van der Waals surface area contributed by atoms with Gasteiger partial charge in [0.2, 0.25) is 12.7 Å². The molecule has 2 amide bonds. The Bertz CT molecular complexity index is 749. The maximum Gasteiger partial charge on any atom is 0.254 e. The van der Waals surface area contributed by atoms with E-state index in [1.54, 1.807) is 23.1 Å². The van der Waals surface area contributed by atoms with Gasteiger partial charge < -0.3 is 19.3 Å². The van der Waals surface area contributed by atoms with E-state index in [2.05, 4.69) is 0 Å². The van der Waals surface area contributed by atoms with Crippen LogP contribution in [0.25, 0.3) is 0 Å². The van der Waals surface area contributed by atoms with Gasteiger partial charge in [-0.2, -0.15) is 0 Å². The minimum absolute atomic E-state index is 0.00138. The Morgan fingerprint density at radius 2 is 2.00 bits per heavy atom. The summed E-state index contributed by atoms with van der Waals surface area (Å²) in [7, 11) is 0. The highest BCUT2D eigenvalue weighted by Crippen LogP contribution is 2.33. The number of nitrogens with zero attached hydrogens (tertiary/aromatic N) is 2. The molecule has 3 aliphatic heterocycles. The molecular weight excluding hydrogens is 327 g/mol. The molecule has 0 saturated carbocycles. The molecule has 1 unspecified atom stereocenters. The zero-order valence-corrected chi connectivity index (χ0v) is 13.7. The lowest BCUT2D eigenvalue weighted by atomic mass is 10.1. The molecule has 1 aromatic carbocycles. The smallest absolute Gasteiger partial charge is 0.254 e. The highest BCUT2D eigenvalue weighted by atomic mass is 19.1. The second kappa shape index (κ2) is 6.38. The Hall–Kier alpha value is -2.57. The number of amides is 2. The molecule has 3 heterocycles. The molecule has 0 aliphatic carbocycles. The van der Waals surface area contributed by atoms with Crippen LogP contribution in [0, 0.1) is 0 Å². The third kappa shape index (κ3) is 2.94. The second-order valence-electron chi connectivity index (χ2n) is 6.42. The fraction of sp³-hybridized carbons (Fsp3) is 0.444. The van der Waals surface area contributed by atoms with Crippen LogP contribution < -0.4 is 9.47 Å². The van der Waals surface area contributed by atoms with Crippen LogP contribution in [0.3, 0.4) is 0 Å². The highest BCUT2D eigenvalue weighted by Gasteiger charge is 2.37. The van der Waals surface area contributed by atoms with Crippen LogP contribution in [-0.4, -0.2) is 54.1 Å². The lowest BCUT2D eigenvalue weighted by molar-refractivity contribution is -0.135. The summed E-state index contributed by atoms with van der Waals surface area (Å²) in [5.41, 5.74) is 0.466. The summed E-state index contributed by atoms with van der Waals surface area (Å²) in [6, 6.07) is 4.50. The van der Waals surface area contributed by atoms with Crippen LogP contribution in [0.4, 0.5) is 4.39 Å². The number of hydrogen-bond acceptors (Lipinski definition) is 4. The zero-order valence-electron chi connectivity index (χ0n) is 13.7. The van der Waals surface area contributed by atoms with Gasteiger partial charge in [-0.1, -0.05) is 0 Å². The molecule has 6 nitrogen and oxygen atoms in total. The minimum Gasteiger partial charge on any atom is -0.454 e. The van der Waals surface area contributed by atoms with E-state index in [-0.39, 0.29) is 31.0 Å². The van der Waals surface area contributed by atoms with Crippen LogP contribution >= 0.6 is 0 Å². The summed E-state index contributed by atoms with van der Waals surface area (Å²) in [5.74, 6) is 0.487. The zero-order chi connectivity index (χ0) is 17.4. The summed E-state index contributed by atoms with van der Waals surface area (Å²) in [6.07, 6.45) is 3.39. The SMILES string of the molecule is O=C(C1CCCN1C(=O)c1ccc2c(c1)OCO2)N1CCC=C(F)C1. The summed E-state index contributed by atoms with van der Waals surface area (Å²) in [6.45, 7) is 1.16. The summed E-state index contributed by atoms with van der Waals surface area (Å²) < 4.78 is 24.1. The average molecular weight is 346 g/mol. The van der Waals surface area contributed by atoms with E-state index in [1.807, 2.05) is 0 Å². The fourth-order valence-corrected chi connectivity index (χ4v) is 3.56. The Morgan fingerprint density at radius 1 is 1.16 bits per heavy atom. The van der Waals surface area contributed by atoms with Gasteiger partial charge in [0.25, 0.3) is 5.91 Å². The first kappa shape index (κ1) is 15.9. The highest BCUT2D eigenvalue weighted by molar-refractivity contribution is 5.98. The second-order valence-corrected chi connectivity index (χ2v) is 6.42. The summed E-state index contributed by atoms with van der Waals surface area (Å²) in [5, 5.41) is 0. The van der Waals surface area contributed by atoms with Crippen molar-refractivity contribution in [3.8, 4) is 11.5 Å². The number of halogens is 1. The van der Waals surface area contributed by atoms with Crippen molar-refractivity contribution in [2.24, 2.45) is 0 Å². The van der Waals surface area contributed by atoms with Gasteiger partial charge in [0.05, 0.1) is 6.54 Å². The van der Waals surface area contributed by atoms with Crippen molar-refractivity contribution in [3.63, 3.8) is 0 Å². The van der Waals surface area contributed by atoms with Gasteiger partial charge in [0.15, 0.2) is 11.5 Å². The Kier molecular flexibility index (Phi) is 4.07. The van der Waals surface area contributed by atoms with Gasteiger partial charge in [-0.25, -0.2) is 4.39 Å². The molecule has 7 heteroatoms. The van der Waals surface area contributed by atoms with Gasteiger partial charge in [0, 0.05) is 18.7 Å². The lowest BCUT2D eigenvalue weighted by Crippen LogP contribution is -2.49. The van der Waals surface area contributed by atoms with E-state index in [9.17, 15) is 14.0 Å². The van der Waals surface area contributed by atoms with E-state index >= 15 is 0 Å². The molecular formula is C18H19FN2O4. The molecule has 0 spiro atoms. The number of likely N-dealkylation sites (tertiary alicyclic amines) is 1. The number of hydrogen-bond donors (Lipinski definition) is 0. The van der Waals surface area contributed by atoms with Crippen molar-refractivity contribution in [1.29, 1.82) is 0 Å². The van der Waals surface area contributed by atoms with E-state index in [1.165, 1.54) is 11.0 Å². The van der Waals surface area contributed by atoms with Gasteiger partial charge in [-0.05, 0) is 43.5 Å². The Balaban J connectivity index is 1.52. The van der Waals surface area contributed by atoms with Gasteiger partial charge >= 0.3 is 0 Å². The normalized spacial score (nSPS) is 22.1. The molecule has 25 heavy (non-hydrogen) atoms. The molecule has 1 fully saturated rings. The maximum atomic E-state index is 13.5. The number of benzene rings is 1. The van der Waals surface area contributed by atoms with Crippen molar-refractivity contribution in [2.75, 3.05) is 26.4 Å². The van der Waals surface area contributed by atoms with Gasteiger partial charge in [-0.3, -0.25) is 9.59 Å². The van der Waals surface area contributed by atoms with Crippen LogP contribution in [0.15, 0.2) is 30.1 Å². The molecule has 0 aromatic heterocycles. The molecule has 0 bridgehead atoms. The van der Waals surface area contributed by atoms with Crippen LogP contribution in [0.1, 0.15) is 29.6 Å². The summed E-state index contributed by atoms with van der Waals surface area (Å²) in [4.78, 5) is 28.8. The number of fused-ring (bicyclic) bond motifs is 1. The van der Waals surface area contributed by atoms with Crippen molar-refractivity contribution >= 4 is 11.8 Å². The minimum atomic E-state index is -0.524. The molecule has 0 radical (unpaired) electrons. The van der Waals surface area contributed by atoms with E-state index in [0.717, 1.165) is 6.42 Å². The van der Waals surface area contributed by atoms with Crippen molar-refractivity contribution in [1.82, 2.24) is 9.80 Å². The number of rotatable bonds is 2. The standard InChI is InChI=1S/C18H19FN2O4/c19-13-3-1-7-20(10-13)18(23)14-4-2-8-21(14)17(22)12-5-6-15-16(9-12)25-11-24-15/h3,5-6,9,14H,1-2,4,7-8,10-11H2. The average Bonchev–Trinajstić information content (AvgIpc) is 3.29. The first-order valence-electron chi connectivity index (χ1n) is 8.47. The third-order valence-electron chi connectivity index (χ3n) is 4.84. The number of carbonyl (C=O) groups excluding carboxylic acids is 2. The van der Waals surface area contributed by atoms with Crippen LogP contribution in [0.5, 0.6) is 11.5 Å². The fourth-order valence-electron chi connectivity index (χ4n) is 3.56. The summed E-state index contributed by atoms with van der Waals surface area (Å²) >= 11 is 0. The molecule has 1 aromatic rings. The van der Waals surface area contributed by atoms with E-state index < -0.39 is 6.04 Å². The van der Waals surface area contributed by atoms with Crippen molar-refractivity contribution < 1.29 is 23.5 Å². The largest absolute Gasteiger partial charge is 0.454 e. The third-order valence-corrected chi connectivity index (χ3v) is 4.84. The Labute approximate surface area is 144 Å². The lowest BCUT2D eigenvalue weighted by Gasteiger charge is -2.31. The number of carbonyl (C=O) groups is 2. The topological polar surface area (TPSA) is 59.1 Å². The number of ether oxygens (including phenoxy) is 2. The maximum absolute atomic E-state index is 13.5. The van der Waals surface area contributed by atoms with E-state index in [4.69, 9.17) is 9.47 Å².